The van der Waals surface area contributed by atoms with E-state index in [0.29, 0.717) is 11.8 Å². The summed E-state index contributed by atoms with van der Waals surface area (Å²) in [4.78, 5) is 11.8. The molecule has 0 spiro atoms. The van der Waals surface area contributed by atoms with Crippen molar-refractivity contribution in [3.8, 4) is 6.07 Å². The number of hydrogen-bond acceptors (Lipinski definition) is 5. The molecule has 1 aliphatic carbocycles. The second kappa shape index (κ2) is 11.5. The van der Waals surface area contributed by atoms with Crippen molar-refractivity contribution in [2.24, 2.45) is 17.8 Å². The molecule has 1 saturated carbocycles. The highest BCUT2D eigenvalue weighted by molar-refractivity contribution is 7.99. The molecule has 1 atom stereocenters. The van der Waals surface area contributed by atoms with E-state index in [9.17, 15) is 5.26 Å². The number of benzene rings is 2. The summed E-state index contributed by atoms with van der Waals surface area (Å²) in [6.45, 7) is 5.74. The van der Waals surface area contributed by atoms with Gasteiger partial charge < -0.3 is 9.80 Å². The summed E-state index contributed by atoms with van der Waals surface area (Å²) < 4.78 is 0. The zero-order chi connectivity index (χ0) is 25.8. The fourth-order valence-corrected chi connectivity index (χ4v) is 8.05. The topological polar surface area (TPSA) is 43.2 Å². The summed E-state index contributed by atoms with van der Waals surface area (Å²) in [6, 6.07) is 26.8. The van der Waals surface area contributed by atoms with E-state index in [1.165, 1.54) is 53.3 Å². The molecule has 3 fully saturated rings. The number of pyridine rings is 1. The minimum absolute atomic E-state index is 0.307. The monoisotopic (exact) mass is 522 g/mol. The summed E-state index contributed by atoms with van der Waals surface area (Å²) in [5.41, 5.74) is 2.30. The molecule has 3 heterocycles. The molecule has 3 aliphatic rings. The van der Waals surface area contributed by atoms with Crippen molar-refractivity contribution < 1.29 is 0 Å². The van der Waals surface area contributed by atoms with E-state index >= 15 is 0 Å². The van der Waals surface area contributed by atoms with Crippen LogP contribution in [0.4, 0.5) is 5.69 Å². The smallest absolute Gasteiger partial charge is 0.0879 e. The molecule has 196 valence electrons. The van der Waals surface area contributed by atoms with E-state index in [1.807, 2.05) is 12.4 Å². The van der Waals surface area contributed by atoms with E-state index in [2.05, 4.69) is 87.6 Å². The number of rotatable bonds is 8. The first-order valence-corrected chi connectivity index (χ1v) is 15.2. The number of aromatic nitrogens is 1. The molecule has 2 saturated heterocycles. The Bertz CT molecular complexity index is 1210. The second-order valence-electron chi connectivity index (χ2n) is 11.5. The van der Waals surface area contributed by atoms with Crippen molar-refractivity contribution in [2.75, 3.05) is 37.6 Å². The lowest BCUT2D eigenvalue weighted by Gasteiger charge is -2.47. The maximum absolute atomic E-state index is 10.7. The first kappa shape index (κ1) is 25.5. The molecular formula is C33H38N4S. The zero-order valence-electron chi connectivity index (χ0n) is 22.2. The Morgan fingerprint density at radius 1 is 0.816 bits per heavy atom. The van der Waals surface area contributed by atoms with Crippen LogP contribution in [-0.2, 0) is 5.41 Å². The van der Waals surface area contributed by atoms with Crippen LogP contribution < -0.4 is 4.90 Å². The normalized spacial score (nSPS) is 21.1. The Labute approximate surface area is 232 Å². The quantitative estimate of drug-likeness (QED) is 0.318. The summed E-state index contributed by atoms with van der Waals surface area (Å²) in [5.74, 6) is 1.72. The standard InChI is InChI=1S/C33H38N4S/c34-25-33(28-8-4-5-9-28,27-6-2-1-3-7-27)29-16-20-36(21-17-29)22-26-23-37(24-26)30-10-12-31(13-11-30)38-32-14-18-35-19-15-32/h1-3,6-7,10-15,18-19,26,28-29H,4-5,8-9,16-17,20-24H2/t33-/m0/s1. The van der Waals surface area contributed by atoms with Crippen molar-refractivity contribution in [2.45, 2.75) is 53.7 Å². The largest absolute Gasteiger partial charge is 0.371 e. The highest BCUT2D eigenvalue weighted by Crippen LogP contribution is 2.50. The number of likely N-dealkylation sites (tertiary alicyclic amines) is 1. The van der Waals surface area contributed by atoms with Crippen LogP contribution in [0.1, 0.15) is 44.1 Å². The molecule has 0 amide bonds. The maximum Gasteiger partial charge on any atom is 0.0879 e. The van der Waals surface area contributed by atoms with Crippen LogP contribution in [-0.4, -0.2) is 42.6 Å². The molecule has 2 aliphatic heterocycles. The molecule has 5 heteroatoms. The van der Waals surface area contributed by atoms with Gasteiger partial charge in [-0.3, -0.25) is 4.98 Å². The van der Waals surface area contributed by atoms with Crippen LogP contribution >= 0.6 is 11.8 Å². The van der Waals surface area contributed by atoms with Gasteiger partial charge >= 0.3 is 0 Å². The minimum Gasteiger partial charge on any atom is -0.371 e. The Balaban J connectivity index is 1.01. The number of anilines is 1. The average molecular weight is 523 g/mol. The lowest BCUT2D eigenvalue weighted by molar-refractivity contribution is 0.103. The van der Waals surface area contributed by atoms with Gasteiger partial charge in [0, 0.05) is 53.4 Å². The van der Waals surface area contributed by atoms with Gasteiger partial charge in [0.25, 0.3) is 0 Å². The molecule has 0 unspecified atom stereocenters. The fraction of sp³-hybridized carbons (Fsp3) is 0.455. The average Bonchev–Trinajstić information content (AvgIpc) is 3.49. The summed E-state index contributed by atoms with van der Waals surface area (Å²) in [6.07, 6.45) is 11.0. The molecular weight excluding hydrogens is 484 g/mol. The first-order valence-electron chi connectivity index (χ1n) is 14.4. The molecule has 3 aromatic rings. The molecule has 0 radical (unpaired) electrons. The second-order valence-corrected chi connectivity index (χ2v) is 12.6. The highest BCUT2D eigenvalue weighted by Gasteiger charge is 2.48. The Kier molecular flexibility index (Phi) is 7.72. The van der Waals surface area contributed by atoms with Crippen LogP contribution in [0, 0.1) is 29.1 Å². The summed E-state index contributed by atoms with van der Waals surface area (Å²) >= 11 is 1.78. The summed E-state index contributed by atoms with van der Waals surface area (Å²) in [7, 11) is 0. The van der Waals surface area contributed by atoms with Gasteiger partial charge in [-0.25, -0.2) is 0 Å². The van der Waals surface area contributed by atoms with E-state index in [4.69, 9.17) is 0 Å². The van der Waals surface area contributed by atoms with Crippen LogP contribution in [0.25, 0.3) is 0 Å². The lowest BCUT2D eigenvalue weighted by Crippen LogP contribution is -2.53. The third kappa shape index (κ3) is 5.22. The number of piperidine rings is 1. The molecule has 0 N–H and O–H groups in total. The molecule has 38 heavy (non-hydrogen) atoms. The van der Waals surface area contributed by atoms with Crippen LogP contribution in [0.15, 0.2) is 88.9 Å². The van der Waals surface area contributed by atoms with Gasteiger partial charge in [-0.05, 0) is 92.6 Å². The van der Waals surface area contributed by atoms with E-state index < -0.39 is 0 Å². The predicted molar refractivity (Wildman–Crippen MR) is 155 cm³/mol. The van der Waals surface area contributed by atoms with Gasteiger partial charge in [0.2, 0.25) is 0 Å². The van der Waals surface area contributed by atoms with E-state index in [0.717, 1.165) is 44.9 Å². The molecule has 4 nitrogen and oxygen atoms in total. The van der Waals surface area contributed by atoms with Crippen molar-refractivity contribution in [3.63, 3.8) is 0 Å². The number of nitrogens with zero attached hydrogens (tertiary/aromatic N) is 4. The number of nitriles is 1. The van der Waals surface area contributed by atoms with Crippen molar-refractivity contribution in [1.82, 2.24) is 9.88 Å². The number of hydrogen-bond donors (Lipinski definition) is 0. The van der Waals surface area contributed by atoms with E-state index in [-0.39, 0.29) is 5.41 Å². The molecule has 2 aromatic carbocycles. The Morgan fingerprint density at radius 2 is 1.45 bits per heavy atom. The lowest BCUT2D eigenvalue weighted by atomic mass is 9.60. The highest BCUT2D eigenvalue weighted by atomic mass is 32.2. The van der Waals surface area contributed by atoms with Crippen molar-refractivity contribution in [3.05, 3.63) is 84.7 Å². The Hall–Kier alpha value is -2.81. The van der Waals surface area contributed by atoms with Gasteiger partial charge in [-0.1, -0.05) is 54.9 Å². The first-order chi connectivity index (χ1) is 18.7. The summed E-state index contributed by atoms with van der Waals surface area (Å²) in [5, 5.41) is 10.7. The Morgan fingerprint density at radius 3 is 2.11 bits per heavy atom. The van der Waals surface area contributed by atoms with Gasteiger partial charge in [-0.2, -0.15) is 5.26 Å². The maximum atomic E-state index is 10.7. The van der Waals surface area contributed by atoms with Gasteiger partial charge in [-0.15, -0.1) is 0 Å². The molecule has 6 rings (SSSR count). The third-order valence-electron chi connectivity index (χ3n) is 9.23. The van der Waals surface area contributed by atoms with Gasteiger partial charge in [0.15, 0.2) is 0 Å². The third-order valence-corrected chi connectivity index (χ3v) is 10.2. The zero-order valence-corrected chi connectivity index (χ0v) is 23.0. The minimum atomic E-state index is -0.307. The van der Waals surface area contributed by atoms with E-state index in [1.54, 1.807) is 11.8 Å². The van der Waals surface area contributed by atoms with Crippen molar-refractivity contribution >= 4 is 17.4 Å². The SMILES string of the molecule is N#C[C@](c1ccccc1)(C1CCCC1)C1CCN(CC2CN(c3ccc(Sc4ccncc4)cc3)C2)CC1. The van der Waals surface area contributed by atoms with Crippen LogP contribution in [0.3, 0.4) is 0 Å². The van der Waals surface area contributed by atoms with Crippen molar-refractivity contribution in [1.29, 1.82) is 5.26 Å². The van der Waals surface area contributed by atoms with Gasteiger partial charge in [0.05, 0.1) is 11.5 Å². The van der Waals surface area contributed by atoms with Crippen LogP contribution in [0.5, 0.6) is 0 Å². The predicted octanol–water partition coefficient (Wildman–Crippen LogP) is 7.03. The molecule has 1 aromatic heterocycles. The molecule has 0 bridgehead atoms. The fourth-order valence-electron chi connectivity index (χ4n) is 7.25. The van der Waals surface area contributed by atoms with Gasteiger partial charge in [0.1, 0.15) is 0 Å². The van der Waals surface area contributed by atoms with Crippen LogP contribution in [0.2, 0.25) is 0 Å².